The maximum Gasteiger partial charge on any atom is 0.234 e. The molecule has 1 aliphatic rings. The lowest BCUT2D eigenvalue weighted by molar-refractivity contribution is 0.313. The molecule has 0 unspecified atom stereocenters. The predicted molar refractivity (Wildman–Crippen MR) is 109 cm³/mol. The lowest BCUT2D eigenvalue weighted by atomic mass is 9.97. The molecule has 0 radical (unpaired) electrons. The van der Waals surface area contributed by atoms with Crippen LogP contribution in [0.15, 0.2) is 24.3 Å². The van der Waals surface area contributed by atoms with Crippen molar-refractivity contribution in [3.05, 3.63) is 40.7 Å². The molecule has 2 aromatic heterocycles. The Kier molecular flexibility index (Phi) is 5.17. The number of piperidine rings is 1. The summed E-state index contributed by atoms with van der Waals surface area (Å²) in [4.78, 5) is 0.736. The molecule has 0 bridgehead atoms. The molecule has 0 atom stereocenters. The van der Waals surface area contributed by atoms with E-state index >= 15 is 0 Å². The maximum absolute atomic E-state index is 11.7. The van der Waals surface area contributed by atoms with Crippen LogP contribution in [0.4, 0.5) is 0 Å². The zero-order chi connectivity index (χ0) is 19.7. The number of nitrogens with zero attached hydrogens (tertiary/aromatic N) is 5. The Morgan fingerprint density at radius 1 is 1.18 bits per heavy atom. The normalized spacial score (nSPS) is 16.9. The average molecular weight is 420 g/mol. The number of methoxy groups -OCH3 is 1. The van der Waals surface area contributed by atoms with Crippen molar-refractivity contribution in [1.29, 1.82) is 0 Å². The van der Waals surface area contributed by atoms with Crippen LogP contribution >= 0.6 is 11.3 Å². The molecule has 0 spiro atoms. The molecule has 10 heteroatoms. The van der Waals surface area contributed by atoms with Crippen molar-refractivity contribution in [3.63, 3.8) is 0 Å². The number of rotatable bonds is 5. The Balaban J connectivity index is 1.54. The fraction of sp³-hybridized carbons (Fsp3) is 0.389. The highest BCUT2D eigenvalue weighted by Crippen LogP contribution is 2.29. The summed E-state index contributed by atoms with van der Waals surface area (Å²) < 4.78 is 32.1. The molecular weight excluding hydrogens is 398 g/mol. The molecule has 148 valence electrons. The Bertz CT molecular complexity index is 1110. The van der Waals surface area contributed by atoms with Crippen LogP contribution in [0, 0.1) is 0 Å². The van der Waals surface area contributed by atoms with Gasteiger partial charge in [-0.2, -0.15) is 9.61 Å². The quantitative estimate of drug-likeness (QED) is 0.631. The molecule has 1 aliphatic heterocycles. The molecule has 1 fully saturated rings. The molecule has 3 heterocycles. The van der Waals surface area contributed by atoms with E-state index in [0.29, 0.717) is 13.1 Å². The number of aromatic nitrogens is 4. The Morgan fingerprint density at radius 2 is 1.93 bits per heavy atom. The van der Waals surface area contributed by atoms with Crippen molar-refractivity contribution in [2.75, 3.05) is 26.5 Å². The SMILES string of the molecule is COc1ccccc1/C=C/c1nn2c(C3CCN(S(C)(=O)=O)CC3)nnc2s1. The van der Waals surface area contributed by atoms with Gasteiger partial charge >= 0.3 is 0 Å². The number of fused-ring (bicyclic) bond motifs is 1. The van der Waals surface area contributed by atoms with Crippen molar-refractivity contribution in [3.8, 4) is 5.75 Å². The minimum absolute atomic E-state index is 0.154. The fourth-order valence-corrected chi connectivity index (χ4v) is 5.00. The van der Waals surface area contributed by atoms with Crippen LogP contribution < -0.4 is 4.74 Å². The van der Waals surface area contributed by atoms with Gasteiger partial charge in [-0.05, 0) is 31.1 Å². The lowest BCUT2D eigenvalue weighted by Crippen LogP contribution is -2.37. The van der Waals surface area contributed by atoms with Gasteiger partial charge in [0.05, 0.1) is 13.4 Å². The predicted octanol–water partition coefficient (Wildman–Crippen LogP) is 2.50. The van der Waals surface area contributed by atoms with Crippen LogP contribution in [0.5, 0.6) is 5.75 Å². The van der Waals surface area contributed by atoms with Gasteiger partial charge < -0.3 is 4.74 Å². The lowest BCUT2D eigenvalue weighted by Gasteiger charge is -2.28. The number of benzene rings is 1. The molecule has 3 aromatic rings. The van der Waals surface area contributed by atoms with Gasteiger partial charge in [0, 0.05) is 24.6 Å². The van der Waals surface area contributed by atoms with Crippen molar-refractivity contribution in [2.24, 2.45) is 0 Å². The number of sulfonamides is 1. The number of hydrogen-bond donors (Lipinski definition) is 0. The Morgan fingerprint density at radius 3 is 2.64 bits per heavy atom. The van der Waals surface area contributed by atoms with Crippen molar-refractivity contribution in [2.45, 2.75) is 18.8 Å². The van der Waals surface area contributed by atoms with Crippen LogP contribution in [0.1, 0.15) is 35.2 Å². The maximum atomic E-state index is 11.7. The topological polar surface area (TPSA) is 89.7 Å². The standard InChI is InChI=1S/C18H21N5O3S2/c1-26-15-6-4-3-5-13(15)7-8-16-21-23-17(19-20-18(23)27-16)14-9-11-22(12-10-14)28(2,24)25/h3-8,14H,9-12H2,1-2H3/b8-7+. The van der Waals surface area contributed by atoms with Gasteiger partial charge in [0.15, 0.2) is 5.82 Å². The zero-order valence-electron chi connectivity index (χ0n) is 15.6. The second-order valence-corrected chi connectivity index (χ2v) is 9.67. The van der Waals surface area contributed by atoms with E-state index in [0.717, 1.165) is 39.9 Å². The van der Waals surface area contributed by atoms with E-state index in [2.05, 4.69) is 15.3 Å². The fourth-order valence-electron chi connectivity index (χ4n) is 3.38. The molecule has 0 saturated carbocycles. The molecular formula is C18H21N5O3S2. The first-order valence-electron chi connectivity index (χ1n) is 8.94. The third-order valence-electron chi connectivity index (χ3n) is 4.86. The highest BCUT2D eigenvalue weighted by Gasteiger charge is 2.29. The van der Waals surface area contributed by atoms with Gasteiger partial charge in [-0.1, -0.05) is 29.5 Å². The summed E-state index contributed by atoms with van der Waals surface area (Å²) in [7, 11) is -1.49. The summed E-state index contributed by atoms with van der Waals surface area (Å²) in [6.45, 7) is 1.01. The van der Waals surface area contributed by atoms with Crippen LogP contribution in [0.3, 0.4) is 0 Å². The molecule has 0 N–H and O–H groups in total. The molecule has 28 heavy (non-hydrogen) atoms. The highest BCUT2D eigenvalue weighted by molar-refractivity contribution is 7.88. The summed E-state index contributed by atoms with van der Waals surface area (Å²) in [6.07, 6.45) is 6.60. The Hall–Kier alpha value is -2.30. The van der Waals surface area contributed by atoms with E-state index in [9.17, 15) is 8.42 Å². The summed E-state index contributed by atoms with van der Waals surface area (Å²) in [5.41, 5.74) is 0.976. The molecule has 4 rings (SSSR count). The number of ether oxygens (including phenoxy) is 1. The van der Waals surface area contributed by atoms with Gasteiger partial charge in [0.1, 0.15) is 10.8 Å². The van der Waals surface area contributed by atoms with Crippen LogP contribution in [-0.2, 0) is 10.0 Å². The van der Waals surface area contributed by atoms with E-state index in [1.807, 2.05) is 36.4 Å². The summed E-state index contributed by atoms with van der Waals surface area (Å²) in [5.74, 6) is 1.76. The largest absolute Gasteiger partial charge is 0.496 e. The van der Waals surface area contributed by atoms with Gasteiger partial charge in [-0.3, -0.25) is 0 Å². The van der Waals surface area contributed by atoms with E-state index in [1.165, 1.54) is 21.9 Å². The minimum Gasteiger partial charge on any atom is -0.496 e. The molecule has 8 nitrogen and oxygen atoms in total. The van der Waals surface area contributed by atoms with Gasteiger partial charge in [-0.25, -0.2) is 12.7 Å². The minimum atomic E-state index is -3.14. The second kappa shape index (κ2) is 7.61. The van der Waals surface area contributed by atoms with Crippen molar-refractivity contribution >= 4 is 38.5 Å². The van der Waals surface area contributed by atoms with Crippen LogP contribution in [0.25, 0.3) is 17.1 Å². The first kappa shape index (κ1) is 19.0. The third kappa shape index (κ3) is 3.80. The Labute approximate surface area is 167 Å². The average Bonchev–Trinajstić information content (AvgIpc) is 3.26. The van der Waals surface area contributed by atoms with Gasteiger partial charge in [-0.15, -0.1) is 10.2 Å². The smallest absolute Gasteiger partial charge is 0.234 e. The number of para-hydroxylation sites is 1. The monoisotopic (exact) mass is 419 g/mol. The first-order valence-corrected chi connectivity index (χ1v) is 11.6. The third-order valence-corrected chi connectivity index (χ3v) is 7.03. The van der Waals surface area contributed by atoms with Crippen LogP contribution in [0.2, 0.25) is 0 Å². The van der Waals surface area contributed by atoms with Crippen molar-refractivity contribution in [1.82, 2.24) is 24.1 Å². The first-order chi connectivity index (χ1) is 13.5. The summed E-state index contributed by atoms with van der Waals surface area (Å²) in [6, 6.07) is 7.79. The molecule has 0 amide bonds. The van der Waals surface area contributed by atoms with E-state index in [-0.39, 0.29) is 5.92 Å². The summed E-state index contributed by atoms with van der Waals surface area (Å²) in [5, 5.41) is 14.0. The van der Waals surface area contributed by atoms with Crippen LogP contribution in [-0.4, -0.2) is 59.0 Å². The van der Waals surface area contributed by atoms with E-state index in [4.69, 9.17) is 4.74 Å². The van der Waals surface area contributed by atoms with E-state index in [1.54, 1.807) is 11.6 Å². The molecule has 1 aromatic carbocycles. The van der Waals surface area contributed by atoms with E-state index < -0.39 is 10.0 Å². The van der Waals surface area contributed by atoms with Gasteiger partial charge in [0.2, 0.25) is 15.0 Å². The van der Waals surface area contributed by atoms with Gasteiger partial charge in [0.25, 0.3) is 0 Å². The summed E-state index contributed by atoms with van der Waals surface area (Å²) >= 11 is 1.46. The second-order valence-electron chi connectivity index (χ2n) is 6.70. The number of hydrogen-bond acceptors (Lipinski definition) is 7. The zero-order valence-corrected chi connectivity index (χ0v) is 17.3. The highest BCUT2D eigenvalue weighted by atomic mass is 32.2. The van der Waals surface area contributed by atoms with Crippen molar-refractivity contribution < 1.29 is 13.2 Å². The molecule has 0 aliphatic carbocycles. The molecule has 1 saturated heterocycles.